The van der Waals surface area contributed by atoms with Crippen LogP contribution in [-0.2, 0) is 19.1 Å². The third-order valence-corrected chi connectivity index (χ3v) is 3.10. The highest BCUT2D eigenvalue weighted by molar-refractivity contribution is 6.02. The van der Waals surface area contributed by atoms with E-state index in [1.807, 2.05) is 0 Å². The van der Waals surface area contributed by atoms with Gasteiger partial charge in [-0.3, -0.25) is 9.59 Å². The molecule has 0 aliphatic rings. The van der Waals surface area contributed by atoms with Crippen molar-refractivity contribution >= 4 is 29.3 Å². The van der Waals surface area contributed by atoms with E-state index in [0.717, 1.165) is 7.11 Å². The van der Waals surface area contributed by atoms with Crippen LogP contribution in [0.15, 0.2) is 12.1 Å². The molecule has 8 nitrogen and oxygen atoms in total. The summed E-state index contributed by atoms with van der Waals surface area (Å²) in [7, 11) is 1.16. The molecule has 4 N–H and O–H groups in total. The van der Waals surface area contributed by atoms with Crippen molar-refractivity contribution in [1.82, 2.24) is 0 Å². The topological polar surface area (TPSA) is 131 Å². The second-order valence-electron chi connectivity index (χ2n) is 4.57. The predicted molar refractivity (Wildman–Crippen MR) is 82.7 cm³/mol. The van der Waals surface area contributed by atoms with Crippen molar-refractivity contribution < 1.29 is 28.6 Å². The molecule has 0 saturated carbocycles. The van der Waals surface area contributed by atoms with E-state index in [1.54, 1.807) is 13.8 Å². The minimum absolute atomic E-state index is 0.0636. The molecule has 0 saturated heterocycles. The quantitative estimate of drug-likeness (QED) is 0.344. The molecule has 1 atom stereocenters. The lowest BCUT2D eigenvalue weighted by Crippen LogP contribution is -2.30. The van der Waals surface area contributed by atoms with Gasteiger partial charge in [0.2, 0.25) is 0 Å². The first kappa shape index (κ1) is 18.3. The molecule has 23 heavy (non-hydrogen) atoms. The number of anilines is 2. The number of benzene rings is 1. The van der Waals surface area contributed by atoms with E-state index < -0.39 is 23.8 Å². The van der Waals surface area contributed by atoms with Crippen LogP contribution in [0, 0.1) is 5.92 Å². The molecule has 0 heterocycles. The minimum Gasteiger partial charge on any atom is -0.465 e. The number of carbonyl (C=O) groups excluding carboxylic acids is 3. The van der Waals surface area contributed by atoms with Gasteiger partial charge < -0.3 is 25.7 Å². The highest BCUT2D eigenvalue weighted by atomic mass is 16.6. The molecule has 0 aliphatic carbocycles. The number of nitrogen functional groups attached to an aromatic ring is 2. The van der Waals surface area contributed by atoms with Crippen molar-refractivity contribution in [2.45, 2.75) is 20.3 Å². The van der Waals surface area contributed by atoms with Crippen LogP contribution in [0.4, 0.5) is 11.4 Å². The van der Waals surface area contributed by atoms with Gasteiger partial charge in [0.15, 0.2) is 5.92 Å². The van der Waals surface area contributed by atoms with E-state index in [1.165, 1.54) is 12.1 Å². The number of hydrogen-bond acceptors (Lipinski definition) is 8. The second-order valence-corrected chi connectivity index (χ2v) is 4.57. The summed E-state index contributed by atoms with van der Waals surface area (Å²) >= 11 is 0. The number of carbonyl (C=O) groups is 3. The SMILES string of the molecule is CCOC(=O)C(CC)C(=O)Oc1ccc(N)c(N)c1C(=O)OC. The monoisotopic (exact) mass is 324 g/mol. The van der Waals surface area contributed by atoms with E-state index in [0.29, 0.717) is 0 Å². The predicted octanol–water partition coefficient (Wildman–Crippen LogP) is 1.13. The highest BCUT2D eigenvalue weighted by Crippen LogP contribution is 2.31. The summed E-state index contributed by atoms with van der Waals surface area (Å²) in [6, 6.07) is 2.70. The Balaban J connectivity index is 3.13. The number of hydrogen-bond donors (Lipinski definition) is 2. The molecule has 0 amide bonds. The molecule has 8 heteroatoms. The Morgan fingerprint density at radius 3 is 2.30 bits per heavy atom. The molecule has 0 aliphatic heterocycles. The van der Waals surface area contributed by atoms with Crippen molar-refractivity contribution in [2.75, 3.05) is 25.2 Å². The van der Waals surface area contributed by atoms with E-state index in [2.05, 4.69) is 4.74 Å². The fourth-order valence-electron chi connectivity index (χ4n) is 1.87. The lowest BCUT2D eigenvalue weighted by atomic mass is 10.1. The maximum atomic E-state index is 12.2. The summed E-state index contributed by atoms with van der Waals surface area (Å²) in [5.74, 6) is -3.57. The fraction of sp³-hybridized carbons (Fsp3) is 0.400. The Hall–Kier alpha value is -2.77. The molecule has 1 rings (SSSR count). The average Bonchev–Trinajstić information content (AvgIpc) is 2.51. The van der Waals surface area contributed by atoms with Crippen LogP contribution in [-0.4, -0.2) is 31.6 Å². The number of esters is 3. The molecule has 0 spiro atoms. The van der Waals surface area contributed by atoms with Crippen LogP contribution in [0.1, 0.15) is 30.6 Å². The molecule has 0 aromatic heterocycles. The second kappa shape index (κ2) is 8.02. The van der Waals surface area contributed by atoms with Gasteiger partial charge in [0.25, 0.3) is 0 Å². The first-order valence-corrected chi connectivity index (χ1v) is 7.01. The zero-order valence-corrected chi connectivity index (χ0v) is 13.3. The zero-order chi connectivity index (χ0) is 17.6. The maximum absolute atomic E-state index is 12.2. The van der Waals surface area contributed by atoms with Gasteiger partial charge in [0.05, 0.1) is 25.1 Å². The van der Waals surface area contributed by atoms with Crippen molar-refractivity contribution in [3.05, 3.63) is 17.7 Å². The summed E-state index contributed by atoms with van der Waals surface area (Å²) < 4.78 is 14.6. The van der Waals surface area contributed by atoms with E-state index in [9.17, 15) is 14.4 Å². The highest BCUT2D eigenvalue weighted by Gasteiger charge is 2.30. The molecule has 1 unspecified atom stereocenters. The molecule has 1 aromatic carbocycles. The van der Waals surface area contributed by atoms with Gasteiger partial charge in [-0.25, -0.2) is 4.79 Å². The zero-order valence-electron chi connectivity index (χ0n) is 13.3. The number of ether oxygens (including phenoxy) is 3. The summed E-state index contributed by atoms with van der Waals surface area (Å²) in [5.41, 5.74) is 11.3. The smallest absolute Gasteiger partial charge is 0.343 e. The van der Waals surface area contributed by atoms with Gasteiger partial charge in [-0.15, -0.1) is 0 Å². The summed E-state index contributed by atoms with van der Waals surface area (Å²) in [5, 5.41) is 0. The standard InChI is InChI=1S/C15H20N2O6/c1-4-8(13(18)22-5-2)14(19)23-10-7-6-9(16)12(17)11(10)15(20)21-3/h6-8H,4-5,16-17H2,1-3H3. The Morgan fingerprint density at radius 1 is 1.13 bits per heavy atom. The molecular weight excluding hydrogens is 304 g/mol. The first-order chi connectivity index (χ1) is 10.9. The number of nitrogens with two attached hydrogens (primary N) is 2. The van der Waals surface area contributed by atoms with Crippen LogP contribution < -0.4 is 16.2 Å². The van der Waals surface area contributed by atoms with Gasteiger partial charge in [0, 0.05) is 0 Å². The van der Waals surface area contributed by atoms with Crippen LogP contribution >= 0.6 is 0 Å². The van der Waals surface area contributed by atoms with Gasteiger partial charge >= 0.3 is 17.9 Å². The summed E-state index contributed by atoms with van der Waals surface area (Å²) in [4.78, 5) is 35.7. The van der Waals surface area contributed by atoms with Gasteiger partial charge in [-0.2, -0.15) is 0 Å². The van der Waals surface area contributed by atoms with Gasteiger partial charge in [-0.05, 0) is 25.5 Å². The lowest BCUT2D eigenvalue weighted by molar-refractivity contribution is -0.157. The molecular formula is C15H20N2O6. The Morgan fingerprint density at radius 2 is 1.78 bits per heavy atom. The lowest BCUT2D eigenvalue weighted by Gasteiger charge is -2.16. The normalized spacial score (nSPS) is 11.4. The van der Waals surface area contributed by atoms with Crippen molar-refractivity contribution in [3.8, 4) is 5.75 Å². The average molecular weight is 324 g/mol. The molecule has 0 radical (unpaired) electrons. The van der Waals surface area contributed by atoms with Crippen molar-refractivity contribution in [3.63, 3.8) is 0 Å². The van der Waals surface area contributed by atoms with Crippen molar-refractivity contribution in [1.29, 1.82) is 0 Å². The van der Waals surface area contributed by atoms with Crippen molar-refractivity contribution in [2.24, 2.45) is 5.92 Å². The van der Waals surface area contributed by atoms with E-state index in [-0.39, 0.29) is 35.7 Å². The molecule has 0 bridgehead atoms. The molecule has 0 fully saturated rings. The van der Waals surface area contributed by atoms with E-state index in [4.69, 9.17) is 20.9 Å². The first-order valence-electron chi connectivity index (χ1n) is 7.01. The Kier molecular flexibility index (Phi) is 6.37. The minimum atomic E-state index is -1.10. The number of rotatable bonds is 6. The summed E-state index contributed by atoms with van der Waals surface area (Å²) in [6.07, 6.45) is 0.190. The largest absolute Gasteiger partial charge is 0.465 e. The maximum Gasteiger partial charge on any atom is 0.343 e. The van der Waals surface area contributed by atoms with Crippen LogP contribution in [0.25, 0.3) is 0 Å². The van der Waals surface area contributed by atoms with Crippen LogP contribution in [0.3, 0.4) is 0 Å². The fourth-order valence-corrected chi connectivity index (χ4v) is 1.87. The van der Waals surface area contributed by atoms with Gasteiger partial charge in [-0.1, -0.05) is 6.92 Å². The summed E-state index contributed by atoms with van der Waals surface area (Å²) in [6.45, 7) is 3.41. The third kappa shape index (κ3) is 4.12. The third-order valence-electron chi connectivity index (χ3n) is 3.10. The van der Waals surface area contributed by atoms with Crippen LogP contribution in [0.2, 0.25) is 0 Å². The molecule has 1 aromatic rings. The Labute approximate surface area is 133 Å². The molecule has 126 valence electrons. The number of methoxy groups -OCH3 is 1. The van der Waals surface area contributed by atoms with Crippen LogP contribution in [0.5, 0.6) is 5.75 Å². The Bertz CT molecular complexity index is 614. The van der Waals surface area contributed by atoms with E-state index >= 15 is 0 Å². The van der Waals surface area contributed by atoms with Gasteiger partial charge in [0.1, 0.15) is 11.3 Å².